The first-order valence-electron chi connectivity index (χ1n) is 4.72. The lowest BCUT2D eigenvalue weighted by Gasteiger charge is -2.18. The molecular formula is C12H13NO. The first kappa shape index (κ1) is 9.13. The second-order valence-electron chi connectivity index (χ2n) is 4.62. The third-order valence-corrected chi connectivity index (χ3v) is 2.41. The largest absolute Gasteiger partial charge is 0.270 e. The SMILES string of the molecule is CC(C)(C)c1ccc2c(c1)=NC(=O)C=2. The first-order valence-corrected chi connectivity index (χ1v) is 4.72. The van der Waals surface area contributed by atoms with E-state index in [-0.39, 0.29) is 11.3 Å². The van der Waals surface area contributed by atoms with E-state index in [1.165, 1.54) is 5.56 Å². The van der Waals surface area contributed by atoms with Gasteiger partial charge in [0.15, 0.2) is 0 Å². The Bertz CT molecular complexity index is 506. The Labute approximate surface area is 83.0 Å². The van der Waals surface area contributed by atoms with Crippen LogP contribution in [0.2, 0.25) is 0 Å². The highest BCUT2D eigenvalue weighted by atomic mass is 16.1. The van der Waals surface area contributed by atoms with E-state index in [9.17, 15) is 4.79 Å². The third-order valence-electron chi connectivity index (χ3n) is 2.41. The van der Waals surface area contributed by atoms with Gasteiger partial charge in [0.1, 0.15) is 0 Å². The van der Waals surface area contributed by atoms with Crippen LogP contribution in [0.15, 0.2) is 23.2 Å². The summed E-state index contributed by atoms with van der Waals surface area (Å²) in [6.45, 7) is 6.44. The molecule has 1 aromatic rings. The Morgan fingerprint density at radius 1 is 1.21 bits per heavy atom. The summed E-state index contributed by atoms with van der Waals surface area (Å²) >= 11 is 0. The summed E-state index contributed by atoms with van der Waals surface area (Å²) < 4.78 is 0. The molecule has 0 aliphatic carbocycles. The van der Waals surface area contributed by atoms with Gasteiger partial charge in [0.25, 0.3) is 5.91 Å². The van der Waals surface area contributed by atoms with Crippen LogP contribution in [-0.2, 0) is 10.2 Å². The number of carbonyl (C=O) groups is 1. The maximum Gasteiger partial charge on any atom is 0.270 e. The number of fused-ring (bicyclic) bond motifs is 1. The molecule has 1 aliphatic heterocycles. The number of carbonyl (C=O) groups excluding carboxylic acids is 1. The Morgan fingerprint density at radius 3 is 2.57 bits per heavy atom. The molecule has 0 aromatic heterocycles. The Balaban J connectivity index is 2.66. The lowest BCUT2D eigenvalue weighted by Crippen LogP contribution is -2.24. The van der Waals surface area contributed by atoms with E-state index in [4.69, 9.17) is 0 Å². The standard InChI is InChI=1S/C12H13NO/c1-12(2,3)9-5-4-8-6-11(14)13-10(8)7-9/h4-7H,1-3H3. The third kappa shape index (κ3) is 1.48. The normalized spacial score (nSPS) is 14.6. The average Bonchev–Trinajstić information content (AvgIpc) is 2.41. The minimum absolute atomic E-state index is 0.107. The maximum atomic E-state index is 11.0. The van der Waals surface area contributed by atoms with Crippen LogP contribution in [0, 0.1) is 0 Å². The zero-order valence-electron chi connectivity index (χ0n) is 8.66. The van der Waals surface area contributed by atoms with Crippen LogP contribution in [0.4, 0.5) is 0 Å². The summed E-state index contributed by atoms with van der Waals surface area (Å²) in [4.78, 5) is 15.0. The van der Waals surface area contributed by atoms with Crippen molar-refractivity contribution in [3.05, 3.63) is 34.3 Å². The summed E-state index contributed by atoms with van der Waals surface area (Å²) in [6.07, 6.45) is 1.57. The van der Waals surface area contributed by atoms with Crippen molar-refractivity contribution in [3.8, 4) is 0 Å². The Kier molecular flexibility index (Phi) is 1.81. The molecule has 1 amide bonds. The maximum absolute atomic E-state index is 11.0. The monoisotopic (exact) mass is 187 g/mol. The fraction of sp³-hybridized carbons (Fsp3) is 0.333. The lowest BCUT2D eigenvalue weighted by molar-refractivity contribution is -0.112. The van der Waals surface area contributed by atoms with Gasteiger partial charge in [-0.15, -0.1) is 0 Å². The molecule has 2 rings (SSSR count). The number of hydrogen-bond donors (Lipinski definition) is 0. The van der Waals surface area contributed by atoms with Crippen molar-refractivity contribution in [2.75, 3.05) is 0 Å². The fourth-order valence-electron chi connectivity index (χ4n) is 1.51. The number of rotatable bonds is 0. The van der Waals surface area contributed by atoms with Crippen molar-refractivity contribution < 1.29 is 4.79 Å². The predicted molar refractivity (Wildman–Crippen MR) is 55.4 cm³/mol. The highest BCUT2D eigenvalue weighted by molar-refractivity contribution is 6.06. The van der Waals surface area contributed by atoms with Crippen molar-refractivity contribution in [1.29, 1.82) is 0 Å². The predicted octanol–water partition coefficient (Wildman–Crippen LogP) is 0.924. The van der Waals surface area contributed by atoms with Gasteiger partial charge in [0.2, 0.25) is 0 Å². The van der Waals surface area contributed by atoms with Gasteiger partial charge in [0, 0.05) is 11.3 Å². The van der Waals surface area contributed by atoms with Crippen molar-refractivity contribution in [2.24, 2.45) is 4.99 Å². The van der Waals surface area contributed by atoms with E-state index in [0.717, 1.165) is 10.6 Å². The van der Waals surface area contributed by atoms with E-state index in [0.29, 0.717) is 0 Å². The summed E-state index contributed by atoms with van der Waals surface area (Å²) in [7, 11) is 0. The van der Waals surface area contributed by atoms with Crippen molar-refractivity contribution in [2.45, 2.75) is 26.2 Å². The molecule has 2 heteroatoms. The fourth-order valence-corrected chi connectivity index (χ4v) is 1.51. The minimum Gasteiger partial charge on any atom is -0.267 e. The molecule has 0 saturated carbocycles. The summed E-state index contributed by atoms with van der Waals surface area (Å²) in [5.74, 6) is -0.147. The molecule has 0 spiro atoms. The van der Waals surface area contributed by atoms with Crippen LogP contribution in [0.5, 0.6) is 0 Å². The molecule has 0 radical (unpaired) electrons. The van der Waals surface area contributed by atoms with E-state index in [2.05, 4.69) is 31.8 Å². The Morgan fingerprint density at radius 2 is 1.93 bits per heavy atom. The zero-order valence-corrected chi connectivity index (χ0v) is 8.66. The molecule has 0 unspecified atom stereocenters. The summed E-state index contributed by atoms with van der Waals surface area (Å²) in [6, 6.07) is 6.02. The van der Waals surface area contributed by atoms with Crippen molar-refractivity contribution in [1.82, 2.24) is 0 Å². The smallest absolute Gasteiger partial charge is 0.267 e. The van der Waals surface area contributed by atoms with Gasteiger partial charge < -0.3 is 0 Å². The Hall–Kier alpha value is -1.44. The molecule has 0 atom stereocenters. The highest BCUT2D eigenvalue weighted by Gasteiger charge is 2.14. The number of nitrogens with zero attached hydrogens (tertiary/aromatic N) is 1. The van der Waals surface area contributed by atoms with Crippen LogP contribution in [0.1, 0.15) is 26.3 Å². The molecule has 2 nitrogen and oxygen atoms in total. The molecule has 1 aromatic carbocycles. The van der Waals surface area contributed by atoms with Gasteiger partial charge in [-0.05, 0) is 17.0 Å². The molecule has 0 saturated heterocycles. The van der Waals surface area contributed by atoms with Gasteiger partial charge in [0.05, 0.1) is 5.36 Å². The van der Waals surface area contributed by atoms with Crippen LogP contribution in [-0.4, -0.2) is 5.91 Å². The molecular weight excluding hydrogens is 174 g/mol. The molecule has 1 heterocycles. The molecule has 14 heavy (non-hydrogen) atoms. The topological polar surface area (TPSA) is 29.4 Å². The van der Waals surface area contributed by atoms with Crippen LogP contribution < -0.4 is 10.6 Å². The average molecular weight is 187 g/mol. The van der Waals surface area contributed by atoms with Crippen LogP contribution in [0.3, 0.4) is 0 Å². The molecule has 0 bridgehead atoms. The van der Waals surface area contributed by atoms with E-state index < -0.39 is 0 Å². The number of benzene rings is 1. The molecule has 0 fully saturated rings. The van der Waals surface area contributed by atoms with Gasteiger partial charge in [-0.3, -0.25) is 4.79 Å². The first-order chi connectivity index (χ1) is 6.47. The van der Waals surface area contributed by atoms with Gasteiger partial charge in [-0.2, -0.15) is 0 Å². The van der Waals surface area contributed by atoms with Crippen LogP contribution in [0.25, 0.3) is 6.08 Å². The zero-order chi connectivity index (χ0) is 10.3. The lowest BCUT2D eigenvalue weighted by atomic mass is 9.87. The van der Waals surface area contributed by atoms with Gasteiger partial charge in [-0.25, -0.2) is 4.99 Å². The number of amides is 1. The van der Waals surface area contributed by atoms with Crippen LogP contribution >= 0.6 is 0 Å². The molecule has 1 aliphatic rings. The summed E-state index contributed by atoms with van der Waals surface area (Å²) in [5, 5.41) is 1.74. The molecule has 0 N–H and O–H groups in total. The van der Waals surface area contributed by atoms with E-state index in [1.807, 2.05) is 12.1 Å². The highest BCUT2D eigenvalue weighted by Crippen LogP contribution is 2.19. The van der Waals surface area contributed by atoms with Gasteiger partial charge >= 0.3 is 0 Å². The second kappa shape index (κ2) is 2.77. The number of hydrogen-bond acceptors (Lipinski definition) is 1. The van der Waals surface area contributed by atoms with Gasteiger partial charge in [-0.1, -0.05) is 32.9 Å². The minimum atomic E-state index is -0.147. The summed E-state index contributed by atoms with van der Waals surface area (Å²) in [5.41, 5.74) is 1.32. The van der Waals surface area contributed by atoms with E-state index in [1.54, 1.807) is 6.08 Å². The van der Waals surface area contributed by atoms with Crippen molar-refractivity contribution >= 4 is 12.0 Å². The second-order valence-corrected chi connectivity index (χ2v) is 4.62. The van der Waals surface area contributed by atoms with Crippen molar-refractivity contribution in [3.63, 3.8) is 0 Å². The van der Waals surface area contributed by atoms with E-state index >= 15 is 0 Å². The molecule has 72 valence electrons. The quantitative estimate of drug-likeness (QED) is 0.594.